The zero-order valence-electron chi connectivity index (χ0n) is 8.22. The molecule has 0 unspecified atom stereocenters. The fourth-order valence-corrected chi connectivity index (χ4v) is 2.24. The van der Waals surface area contributed by atoms with E-state index in [4.69, 9.17) is 0 Å². The number of hydrogen-bond acceptors (Lipinski definition) is 3. The first-order chi connectivity index (χ1) is 7.25. The maximum Gasteiger partial charge on any atom is 0.191 e. The molecule has 0 aliphatic rings. The zero-order chi connectivity index (χ0) is 10.7. The lowest BCUT2D eigenvalue weighted by Gasteiger charge is -2.00. The maximum absolute atomic E-state index is 4.02. The third-order valence-electron chi connectivity index (χ3n) is 1.95. The van der Waals surface area contributed by atoms with Crippen molar-refractivity contribution in [2.75, 3.05) is 0 Å². The predicted octanol–water partition coefficient (Wildman–Crippen LogP) is 2.87. The average molecular weight is 284 g/mol. The summed E-state index contributed by atoms with van der Waals surface area (Å²) in [6, 6.07) is 8.31. The van der Waals surface area contributed by atoms with Crippen LogP contribution in [0.25, 0.3) is 0 Å². The topological polar surface area (TPSA) is 30.7 Å². The molecule has 0 amide bonds. The van der Waals surface area contributed by atoms with Crippen LogP contribution in [0.4, 0.5) is 0 Å². The molecule has 1 aromatic heterocycles. The molecular weight excluding hydrogens is 274 g/mol. The molecule has 15 heavy (non-hydrogen) atoms. The van der Waals surface area contributed by atoms with Gasteiger partial charge in [-0.25, -0.2) is 0 Å². The van der Waals surface area contributed by atoms with Gasteiger partial charge in [-0.2, -0.15) is 0 Å². The van der Waals surface area contributed by atoms with Crippen molar-refractivity contribution in [3.63, 3.8) is 0 Å². The van der Waals surface area contributed by atoms with Crippen molar-refractivity contribution >= 4 is 27.7 Å². The molecule has 0 spiro atoms. The van der Waals surface area contributed by atoms with Gasteiger partial charge in [0.25, 0.3) is 0 Å². The summed E-state index contributed by atoms with van der Waals surface area (Å²) in [5, 5.41) is 8.79. The average Bonchev–Trinajstić information content (AvgIpc) is 2.63. The summed E-state index contributed by atoms with van der Waals surface area (Å²) in [7, 11) is 1.95. The van der Waals surface area contributed by atoms with E-state index in [1.807, 2.05) is 23.7 Å². The molecule has 1 heterocycles. The van der Waals surface area contributed by atoms with E-state index < -0.39 is 0 Å². The zero-order valence-corrected chi connectivity index (χ0v) is 10.6. The summed E-state index contributed by atoms with van der Waals surface area (Å²) < 4.78 is 3.03. The first-order valence-corrected chi connectivity index (χ1v) is 6.25. The largest absolute Gasteiger partial charge is 0.312 e. The van der Waals surface area contributed by atoms with Gasteiger partial charge in [0.15, 0.2) is 5.16 Å². The number of benzene rings is 1. The van der Waals surface area contributed by atoms with Crippen molar-refractivity contribution in [2.45, 2.75) is 10.9 Å². The second-order valence-electron chi connectivity index (χ2n) is 3.14. The number of halogens is 1. The minimum absolute atomic E-state index is 0.916. The van der Waals surface area contributed by atoms with Crippen LogP contribution in [-0.2, 0) is 12.8 Å². The number of hydrogen-bond donors (Lipinski definition) is 0. The van der Waals surface area contributed by atoms with Crippen LogP contribution in [0.1, 0.15) is 5.56 Å². The summed E-state index contributed by atoms with van der Waals surface area (Å²) in [5.74, 6) is 0.916. The highest BCUT2D eigenvalue weighted by molar-refractivity contribution is 9.10. The molecule has 5 heteroatoms. The maximum atomic E-state index is 4.02. The third-order valence-corrected chi connectivity index (χ3v) is 3.59. The molecule has 0 N–H and O–H groups in total. The van der Waals surface area contributed by atoms with E-state index in [-0.39, 0.29) is 0 Å². The van der Waals surface area contributed by atoms with E-state index in [9.17, 15) is 0 Å². The van der Waals surface area contributed by atoms with Crippen molar-refractivity contribution < 1.29 is 0 Å². The Morgan fingerprint density at radius 3 is 2.67 bits per heavy atom. The second-order valence-corrected chi connectivity index (χ2v) is 5.00. The van der Waals surface area contributed by atoms with Crippen LogP contribution in [0, 0.1) is 0 Å². The van der Waals surface area contributed by atoms with Gasteiger partial charge in [-0.05, 0) is 17.7 Å². The van der Waals surface area contributed by atoms with Gasteiger partial charge in [-0.1, -0.05) is 39.8 Å². The van der Waals surface area contributed by atoms with Crippen LogP contribution in [0.5, 0.6) is 0 Å². The summed E-state index contributed by atoms with van der Waals surface area (Å²) in [5.41, 5.74) is 1.28. The molecule has 0 fully saturated rings. The lowest BCUT2D eigenvalue weighted by Crippen LogP contribution is -1.89. The van der Waals surface area contributed by atoms with Crippen LogP contribution in [0.15, 0.2) is 40.2 Å². The molecule has 0 saturated carbocycles. The van der Waals surface area contributed by atoms with Gasteiger partial charge in [0.2, 0.25) is 0 Å². The fraction of sp³-hybridized carbons (Fsp3) is 0.200. The molecule has 0 atom stereocenters. The van der Waals surface area contributed by atoms with Crippen molar-refractivity contribution in [2.24, 2.45) is 7.05 Å². The molecule has 1 aromatic carbocycles. The number of rotatable bonds is 3. The number of aryl methyl sites for hydroxylation is 1. The van der Waals surface area contributed by atoms with Crippen LogP contribution in [0.3, 0.4) is 0 Å². The van der Waals surface area contributed by atoms with Crippen molar-refractivity contribution in [1.29, 1.82) is 0 Å². The van der Waals surface area contributed by atoms with Crippen LogP contribution in [0.2, 0.25) is 0 Å². The summed E-state index contributed by atoms with van der Waals surface area (Å²) in [6.07, 6.45) is 1.71. The van der Waals surface area contributed by atoms with E-state index in [0.717, 1.165) is 15.4 Å². The summed E-state index contributed by atoms with van der Waals surface area (Å²) in [6.45, 7) is 0. The molecule has 78 valence electrons. The molecule has 0 aliphatic carbocycles. The predicted molar refractivity (Wildman–Crippen MR) is 64.7 cm³/mol. The third kappa shape index (κ3) is 2.82. The van der Waals surface area contributed by atoms with Crippen molar-refractivity contribution in [3.8, 4) is 0 Å². The van der Waals surface area contributed by atoms with E-state index >= 15 is 0 Å². The SMILES string of the molecule is Cn1cnnc1SCc1ccc(Br)cc1. The highest BCUT2D eigenvalue weighted by atomic mass is 79.9. The lowest BCUT2D eigenvalue weighted by molar-refractivity contribution is 0.788. The van der Waals surface area contributed by atoms with Crippen molar-refractivity contribution in [3.05, 3.63) is 40.6 Å². The van der Waals surface area contributed by atoms with Crippen LogP contribution in [-0.4, -0.2) is 14.8 Å². The summed E-state index contributed by atoms with van der Waals surface area (Å²) in [4.78, 5) is 0. The molecule has 0 radical (unpaired) electrons. The normalized spacial score (nSPS) is 10.5. The van der Waals surface area contributed by atoms with Crippen LogP contribution >= 0.6 is 27.7 Å². The minimum atomic E-state index is 0.916. The van der Waals surface area contributed by atoms with Gasteiger partial charge in [0, 0.05) is 17.3 Å². The van der Waals surface area contributed by atoms with Gasteiger partial charge < -0.3 is 4.57 Å². The summed E-state index contributed by atoms with van der Waals surface area (Å²) >= 11 is 5.10. The van der Waals surface area contributed by atoms with Crippen molar-refractivity contribution in [1.82, 2.24) is 14.8 Å². The molecule has 2 rings (SSSR count). The van der Waals surface area contributed by atoms with E-state index in [1.54, 1.807) is 18.1 Å². The molecular formula is C10H10BrN3S. The molecule has 0 bridgehead atoms. The first-order valence-electron chi connectivity index (χ1n) is 4.47. The number of nitrogens with zero attached hydrogens (tertiary/aromatic N) is 3. The second kappa shape index (κ2) is 4.81. The molecule has 0 aliphatic heterocycles. The highest BCUT2D eigenvalue weighted by Gasteiger charge is 2.01. The Balaban J connectivity index is 1.99. The molecule has 0 saturated heterocycles. The smallest absolute Gasteiger partial charge is 0.191 e. The molecule has 2 aromatic rings. The Morgan fingerprint density at radius 1 is 1.33 bits per heavy atom. The monoisotopic (exact) mass is 283 g/mol. The lowest BCUT2D eigenvalue weighted by atomic mass is 10.2. The number of thioether (sulfide) groups is 1. The highest BCUT2D eigenvalue weighted by Crippen LogP contribution is 2.20. The first kappa shape index (κ1) is 10.7. The van der Waals surface area contributed by atoms with Gasteiger partial charge >= 0.3 is 0 Å². The Kier molecular flexibility index (Phi) is 3.43. The number of aromatic nitrogens is 3. The Morgan fingerprint density at radius 2 is 2.07 bits per heavy atom. The Hall–Kier alpha value is -0.810. The Bertz CT molecular complexity index is 438. The van der Waals surface area contributed by atoms with Gasteiger partial charge in [-0.15, -0.1) is 10.2 Å². The standard InChI is InChI=1S/C10H10BrN3S/c1-14-7-12-13-10(14)15-6-8-2-4-9(11)5-3-8/h2-5,7H,6H2,1H3. The Labute approximate surface area is 101 Å². The van der Waals surface area contributed by atoms with E-state index in [2.05, 4.69) is 38.3 Å². The minimum Gasteiger partial charge on any atom is -0.312 e. The van der Waals surface area contributed by atoms with Gasteiger partial charge in [0.05, 0.1) is 0 Å². The molecule has 3 nitrogen and oxygen atoms in total. The van der Waals surface area contributed by atoms with Gasteiger partial charge in [0.1, 0.15) is 6.33 Å². The quantitative estimate of drug-likeness (QED) is 0.812. The van der Waals surface area contributed by atoms with E-state index in [1.165, 1.54) is 5.56 Å². The van der Waals surface area contributed by atoms with Gasteiger partial charge in [-0.3, -0.25) is 0 Å². The van der Waals surface area contributed by atoms with Crippen LogP contribution < -0.4 is 0 Å². The van der Waals surface area contributed by atoms with E-state index in [0.29, 0.717) is 0 Å². The fourth-order valence-electron chi connectivity index (χ4n) is 1.13.